The van der Waals surface area contributed by atoms with E-state index in [0.717, 1.165) is 10.9 Å². The third-order valence-corrected chi connectivity index (χ3v) is 3.78. The molecule has 0 radical (unpaired) electrons. The molecular formula is C19H16N2O4. The van der Waals surface area contributed by atoms with E-state index in [9.17, 15) is 10.1 Å². The summed E-state index contributed by atoms with van der Waals surface area (Å²) >= 11 is 0. The van der Waals surface area contributed by atoms with Crippen molar-refractivity contribution in [2.45, 2.75) is 0 Å². The summed E-state index contributed by atoms with van der Waals surface area (Å²) in [4.78, 5) is 15.4. The lowest BCUT2D eigenvalue weighted by Crippen LogP contribution is -1.96. The van der Waals surface area contributed by atoms with Crippen molar-refractivity contribution in [2.24, 2.45) is 0 Å². The monoisotopic (exact) mass is 336 g/mol. The number of hydrogen-bond donors (Lipinski definition) is 0. The number of rotatable bonds is 5. The van der Waals surface area contributed by atoms with Crippen LogP contribution in [0.2, 0.25) is 0 Å². The lowest BCUT2D eigenvalue weighted by molar-refractivity contribution is -0.385. The highest BCUT2D eigenvalue weighted by Gasteiger charge is 2.17. The second-order valence-corrected chi connectivity index (χ2v) is 5.29. The Kier molecular flexibility index (Phi) is 4.61. The predicted molar refractivity (Wildman–Crippen MR) is 96.9 cm³/mol. The standard InChI is InChI=1S/C19H16N2O4/c1-24-18-11-14(17(21(22)23)12-19(18)25-2)8-10-15-9-7-13-5-3-4-6-16(13)20-15/h3-12H,1-2H3/b10-8+. The van der Waals surface area contributed by atoms with Crippen LogP contribution in [0.1, 0.15) is 11.3 Å². The van der Waals surface area contributed by atoms with Crippen LogP contribution in [0.4, 0.5) is 5.69 Å². The van der Waals surface area contributed by atoms with Crippen LogP contribution in [0.15, 0.2) is 48.5 Å². The van der Waals surface area contributed by atoms with Crippen molar-refractivity contribution < 1.29 is 14.4 Å². The molecule has 25 heavy (non-hydrogen) atoms. The zero-order chi connectivity index (χ0) is 17.8. The summed E-state index contributed by atoms with van der Waals surface area (Å²) in [5.74, 6) is 0.745. The van der Waals surface area contributed by atoms with Gasteiger partial charge in [-0.1, -0.05) is 24.3 Å². The van der Waals surface area contributed by atoms with Crippen LogP contribution in [0, 0.1) is 10.1 Å². The Hall–Kier alpha value is -3.41. The van der Waals surface area contributed by atoms with Gasteiger partial charge in [0.25, 0.3) is 5.69 Å². The van der Waals surface area contributed by atoms with Gasteiger partial charge in [-0.2, -0.15) is 0 Å². The zero-order valence-corrected chi connectivity index (χ0v) is 13.8. The Morgan fingerprint density at radius 2 is 1.72 bits per heavy atom. The molecule has 0 atom stereocenters. The Morgan fingerprint density at radius 3 is 2.44 bits per heavy atom. The van der Waals surface area contributed by atoms with Crippen molar-refractivity contribution in [3.63, 3.8) is 0 Å². The molecule has 0 bridgehead atoms. The molecule has 0 fully saturated rings. The van der Waals surface area contributed by atoms with Crippen molar-refractivity contribution in [3.8, 4) is 11.5 Å². The average molecular weight is 336 g/mol. The van der Waals surface area contributed by atoms with Crippen LogP contribution in [0.5, 0.6) is 11.5 Å². The summed E-state index contributed by atoms with van der Waals surface area (Å²) in [6.07, 6.45) is 3.39. The molecule has 0 amide bonds. The molecule has 6 nitrogen and oxygen atoms in total. The molecule has 0 saturated heterocycles. The molecule has 0 aliphatic heterocycles. The number of aromatic nitrogens is 1. The number of para-hydroxylation sites is 1. The Morgan fingerprint density at radius 1 is 1.00 bits per heavy atom. The van der Waals surface area contributed by atoms with Gasteiger partial charge in [0, 0.05) is 5.39 Å². The number of methoxy groups -OCH3 is 2. The van der Waals surface area contributed by atoms with Gasteiger partial charge in [-0.15, -0.1) is 0 Å². The molecular weight excluding hydrogens is 320 g/mol. The van der Waals surface area contributed by atoms with Gasteiger partial charge in [0.05, 0.1) is 42.0 Å². The van der Waals surface area contributed by atoms with E-state index in [2.05, 4.69) is 4.98 Å². The minimum absolute atomic E-state index is 0.0605. The first kappa shape index (κ1) is 16.4. The molecule has 3 aromatic rings. The number of hydrogen-bond acceptors (Lipinski definition) is 5. The molecule has 0 aliphatic carbocycles. The summed E-state index contributed by atoms with van der Waals surface area (Å²) < 4.78 is 10.4. The lowest BCUT2D eigenvalue weighted by Gasteiger charge is -2.08. The number of nitro groups is 1. The number of benzene rings is 2. The number of nitrogens with zero attached hydrogens (tertiary/aromatic N) is 2. The number of fused-ring (bicyclic) bond motifs is 1. The average Bonchev–Trinajstić information content (AvgIpc) is 2.65. The molecule has 2 aromatic carbocycles. The molecule has 1 heterocycles. The van der Waals surface area contributed by atoms with Gasteiger partial charge < -0.3 is 9.47 Å². The summed E-state index contributed by atoms with van der Waals surface area (Å²) in [5.41, 5.74) is 1.93. The van der Waals surface area contributed by atoms with E-state index in [1.165, 1.54) is 20.3 Å². The molecule has 3 rings (SSSR count). The summed E-state index contributed by atoms with van der Waals surface area (Å²) in [6, 6.07) is 14.5. The second kappa shape index (κ2) is 7.00. The van der Waals surface area contributed by atoms with Crippen LogP contribution in [0.25, 0.3) is 23.1 Å². The predicted octanol–water partition coefficient (Wildman–Crippen LogP) is 4.33. The SMILES string of the molecule is COc1cc(/C=C/c2ccc3ccccc3n2)c([N+](=O)[O-])cc1OC. The molecule has 0 aliphatic rings. The zero-order valence-electron chi connectivity index (χ0n) is 13.8. The topological polar surface area (TPSA) is 74.5 Å². The van der Waals surface area contributed by atoms with Gasteiger partial charge in [-0.05, 0) is 30.4 Å². The van der Waals surface area contributed by atoms with Gasteiger partial charge in [-0.25, -0.2) is 4.98 Å². The maximum Gasteiger partial charge on any atom is 0.280 e. The fourth-order valence-corrected chi connectivity index (χ4v) is 2.53. The van der Waals surface area contributed by atoms with Crippen molar-refractivity contribution in [1.29, 1.82) is 0 Å². The van der Waals surface area contributed by atoms with Crippen LogP contribution < -0.4 is 9.47 Å². The normalized spacial score (nSPS) is 11.0. The molecule has 126 valence electrons. The second-order valence-electron chi connectivity index (χ2n) is 5.29. The third-order valence-electron chi connectivity index (χ3n) is 3.78. The van der Waals surface area contributed by atoms with Crippen LogP contribution in [-0.2, 0) is 0 Å². The molecule has 0 unspecified atom stereocenters. The van der Waals surface area contributed by atoms with E-state index >= 15 is 0 Å². The van der Waals surface area contributed by atoms with Crippen molar-refractivity contribution >= 4 is 28.7 Å². The highest BCUT2D eigenvalue weighted by molar-refractivity contribution is 5.81. The number of ether oxygens (including phenoxy) is 2. The van der Waals surface area contributed by atoms with Crippen molar-refractivity contribution in [2.75, 3.05) is 14.2 Å². The summed E-state index contributed by atoms with van der Waals surface area (Å²) in [7, 11) is 2.93. The molecule has 0 N–H and O–H groups in total. The molecule has 6 heteroatoms. The van der Waals surface area contributed by atoms with Crippen molar-refractivity contribution in [3.05, 3.63) is 69.9 Å². The van der Waals surface area contributed by atoms with E-state index in [-0.39, 0.29) is 5.69 Å². The maximum atomic E-state index is 11.3. The van der Waals surface area contributed by atoms with Crippen LogP contribution in [-0.4, -0.2) is 24.1 Å². The van der Waals surface area contributed by atoms with Crippen LogP contribution in [0.3, 0.4) is 0 Å². The number of pyridine rings is 1. The van der Waals surface area contributed by atoms with Gasteiger partial charge in [0.2, 0.25) is 0 Å². The minimum Gasteiger partial charge on any atom is -0.493 e. The Labute approximate surface area is 144 Å². The first-order chi connectivity index (χ1) is 12.1. The van der Waals surface area contributed by atoms with E-state index in [1.807, 2.05) is 36.4 Å². The fraction of sp³-hybridized carbons (Fsp3) is 0.105. The molecule has 0 spiro atoms. The van der Waals surface area contributed by atoms with E-state index in [0.29, 0.717) is 22.8 Å². The Bertz CT molecular complexity index is 967. The van der Waals surface area contributed by atoms with E-state index in [4.69, 9.17) is 9.47 Å². The van der Waals surface area contributed by atoms with Crippen molar-refractivity contribution in [1.82, 2.24) is 4.98 Å². The maximum absolute atomic E-state index is 11.3. The molecule has 0 saturated carbocycles. The van der Waals surface area contributed by atoms with Gasteiger partial charge in [0.1, 0.15) is 0 Å². The third kappa shape index (κ3) is 3.42. The molecule has 1 aromatic heterocycles. The van der Waals surface area contributed by atoms with Gasteiger partial charge >= 0.3 is 0 Å². The van der Waals surface area contributed by atoms with E-state index in [1.54, 1.807) is 18.2 Å². The fourth-order valence-electron chi connectivity index (χ4n) is 2.53. The summed E-state index contributed by atoms with van der Waals surface area (Å²) in [5, 5.41) is 12.4. The summed E-state index contributed by atoms with van der Waals surface area (Å²) in [6.45, 7) is 0. The highest BCUT2D eigenvalue weighted by Crippen LogP contribution is 2.35. The Balaban J connectivity index is 2.02. The quantitative estimate of drug-likeness (QED) is 0.512. The first-order valence-corrected chi connectivity index (χ1v) is 7.56. The lowest BCUT2D eigenvalue weighted by atomic mass is 10.1. The number of nitro benzene ring substituents is 1. The largest absolute Gasteiger partial charge is 0.493 e. The first-order valence-electron chi connectivity index (χ1n) is 7.56. The smallest absolute Gasteiger partial charge is 0.280 e. The van der Waals surface area contributed by atoms with Crippen LogP contribution >= 0.6 is 0 Å². The highest BCUT2D eigenvalue weighted by atomic mass is 16.6. The van der Waals surface area contributed by atoms with Gasteiger partial charge in [0.15, 0.2) is 11.5 Å². The van der Waals surface area contributed by atoms with Gasteiger partial charge in [-0.3, -0.25) is 10.1 Å². The minimum atomic E-state index is -0.449. The van der Waals surface area contributed by atoms with E-state index < -0.39 is 4.92 Å².